The van der Waals surface area contributed by atoms with Gasteiger partial charge in [-0.05, 0) is 35.4 Å². The number of guanidine groups is 1. The fourth-order valence-corrected chi connectivity index (χ4v) is 3.14. The van der Waals surface area contributed by atoms with Crippen LogP contribution in [-0.2, 0) is 10.3 Å². The van der Waals surface area contributed by atoms with Gasteiger partial charge in [-0.3, -0.25) is 9.69 Å². The maximum Gasteiger partial charge on any atom is 0.387 e. The van der Waals surface area contributed by atoms with Crippen molar-refractivity contribution in [2.75, 3.05) is 13.7 Å². The van der Waals surface area contributed by atoms with Crippen molar-refractivity contribution in [2.24, 2.45) is 10.7 Å². The fourth-order valence-electron chi connectivity index (χ4n) is 3.14. The number of alkyl halides is 4. The van der Waals surface area contributed by atoms with E-state index in [1.807, 2.05) is 0 Å². The van der Waals surface area contributed by atoms with E-state index >= 15 is 0 Å². The van der Waals surface area contributed by atoms with Crippen LogP contribution in [0.2, 0.25) is 0 Å². The van der Waals surface area contributed by atoms with Gasteiger partial charge in [0, 0.05) is 13.5 Å². The summed E-state index contributed by atoms with van der Waals surface area (Å²) in [6.45, 7) is -3.19. The lowest BCUT2D eigenvalue weighted by Gasteiger charge is -2.26. The van der Waals surface area contributed by atoms with Gasteiger partial charge in [-0.2, -0.15) is 8.78 Å². The summed E-state index contributed by atoms with van der Waals surface area (Å²) in [5.74, 6) is -0.297. The highest BCUT2D eigenvalue weighted by atomic mass is 19.3. The minimum absolute atomic E-state index is 0.0306. The van der Waals surface area contributed by atoms with E-state index in [9.17, 15) is 22.4 Å². The normalized spacial score (nSPS) is 18.8. The second-order valence-electron chi connectivity index (χ2n) is 6.50. The Labute approximate surface area is 169 Å². The van der Waals surface area contributed by atoms with Crippen LogP contribution in [0.1, 0.15) is 17.5 Å². The molecule has 0 unspecified atom stereocenters. The summed E-state index contributed by atoms with van der Waals surface area (Å²) in [6, 6.07) is 11.8. The number of benzene rings is 2. The number of hydrogen-bond donors (Lipinski definition) is 1. The van der Waals surface area contributed by atoms with Crippen LogP contribution in [-0.4, -0.2) is 43.5 Å². The number of rotatable bonds is 8. The first kappa shape index (κ1) is 21.4. The van der Waals surface area contributed by atoms with Crippen molar-refractivity contribution in [2.45, 2.75) is 25.0 Å². The molecule has 30 heavy (non-hydrogen) atoms. The maximum absolute atomic E-state index is 13.2. The molecule has 1 heterocycles. The van der Waals surface area contributed by atoms with Crippen LogP contribution in [0, 0.1) is 0 Å². The summed E-state index contributed by atoms with van der Waals surface area (Å²) in [6.07, 6.45) is -2.93. The lowest BCUT2D eigenvalue weighted by molar-refractivity contribution is -0.129. The Morgan fingerprint density at radius 1 is 1.07 bits per heavy atom. The number of halogens is 4. The van der Waals surface area contributed by atoms with Gasteiger partial charge < -0.3 is 15.2 Å². The first-order valence-electron chi connectivity index (χ1n) is 8.94. The molecule has 1 amide bonds. The largest absolute Gasteiger partial charge is 0.493 e. The molecule has 0 fully saturated rings. The summed E-state index contributed by atoms with van der Waals surface area (Å²) in [5, 5.41) is 0. The standard InChI is InChI=1S/C20H19F4N3O3/c1-27-17(28)20(26-19(27)25,12-5-7-14(8-6-12)30-18(23)24)13-3-2-4-15(11-13)29-10-9-16(21)22/h2-8,11,16,18H,9-10H2,1H3,(H2,25,26)/t20-/m1/s1. The van der Waals surface area contributed by atoms with Gasteiger partial charge in [0.05, 0.1) is 6.61 Å². The predicted molar refractivity (Wildman–Crippen MR) is 101 cm³/mol. The molecule has 10 heteroatoms. The summed E-state index contributed by atoms with van der Waals surface area (Å²) in [7, 11) is 1.46. The van der Waals surface area contributed by atoms with Gasteiger partial charge in [-0.1, -0.05) is 24.3 Å². The molecule has 6 nitrogen and oxygen atoms in total. The molecule has 1 atom stereocenters. The van der Waals surface area contributed by atoms with Gasteiger partial charge in [0.15, 0.2) is 11.5 Å². The van der Waals surface area contributed by atoms with Gasteiger partial charge >= 0.3 is 6.61 Å². The van der Waals surface area contributed by atoms with E-state index in [2.05, 4.69) is 9.73 Å². The van der Waals surface area contributed by atoms with Crippen LogP contribution < -0.4 is 15.2 Å². The van der Waals surface area contributed by atoms with Crippen LogP contribution in [0.5, 0.6) is 11.5 Å². The SMILES string of the molecule is CN1C(=O)[C@@](c2ccc(OC(F)F)cc2)(c2cccc(OCCC(F)F)c2)N=C1N. The van der Waals surface area contributed by atoms with Crippen LogP contribution in [0.15, 0.2) is 53.5 Å². The number of carbonyl (C=O) groups excluding carboxylic acids is 1. The third kappa shape index (κ3) is 4.17. The third-order valence-electron chi connectivity index (χ3n) is 4.59. The molecule has 2 aromatic rings. The highest BCUT2D eigenvalue weighted by molar-refractivity contribution is 6.08. The number of aliphatic imine (C=N–C) groups is 1. The number of carbonyl (C=O) groups is 1. The average Bonchev–Trinajstić information content (AvgIpc) is 2.93. The molecule has 0 aliphatic carbocycles. The molecule has 0 bridgehead atoms. The molecule has 0 spiro atoms. The zero-order valence-corrected chi connectivity index (χ0v) is 15.9. The van der Waals surface area contributed by atoms with Gasteiger partial charge in [-0.15, -0.1) is 0 Å². The molecular formula is C20H19F4N3O3. The topological polar surface area (TPSA) is 77.2 Å². The quantitative estimate of drug-likeness (QED) is 0.658. The molecule has 0 radical (unpaired) electrons. The Morgan fingerprint density at radius 2 is 1.77 bits per heavy atom. The Balaban J connectivity index is 2.02. The molecule has 2 N–H and O–H groups in total. The van der Waals surface area contributed by atoms with Crippen molar-refractivity contribution in [3.8, 4) is 11.5 Å². The number of ether oxygens (including phenoxy) is 2. The van der Waals surface area contributed by atoms with E-state index in [1.54, 1.807) is 18.2 Å². The van der Waals surface area contributed by atoms with Crippen molar-refractivity contribution in [1.82, 2.24) is 4.90 Å². The number of nitrogens with two attached hydrogens (primary N) is 1. The zero-order chi connectivity index (χ0) is 21.9. The van der Waals surface area contributed by atoms with E-state index < -0.39 is 30.9 Å². The molecule has 0 aromatic heterocycles. The van der Waals surface area contributed by atoms with Crippen molar-refractivity contribution >= 4 is 11.9 Å². The molecule has 1 aliphatic heterocycles. The Kier molecular flexibility index (Phi) is 6.14. The zero-order valence-electron chi connectivity index (χ0n) is 15.9. The van der Waals surface area contributed by atoms with Gasteiger partial charge in [0.1, 0.15) is 11.5 Å². The van der Waals surface area contributed by atoms with Crippen LogP contribution in [0.25, 0.3) is 0 Å². The Morgan fingerprint density at radius 3 is 2.33 bits per heavy atom. The Bertz CT molecular complexity index is 937. The van der Waals surface area contributed by atoms with Crippen LogP contribution in [0.4, 0.5) is 17.6 Å². The fraction of sp³-hybridized carbons (Fsp3) is 0.300. The summed E-state index contributed by atoms with van der Waals surface area (Å²) in [5.41, 5.74) is 5.06. The summed E-state index contributed by atoms with van der Waals surface area (Å²) >= 11 is 0. The van der Waals surface area contributed by atoms with E-state index in [0.29, 0.717) is 11.1 Å². The van der Waals surface area contributed by atoms with Crippen LogP contribution in [0.3, 0.4) is 0 Å². The lowest BCUT2D eigenvalue weighted by atomic mass is 9.82. The smallest absolute Gasteiger partial charge is 0.387 e. The highest BCUT2D eigenvalue weighted by Crippen LogP contribution is 2.40. The molecule has 3 rings (SSSR count). The van der Waals surface area contributed by atoms with Crippen LogP contribution >= 0.6 is 0 Å². The van der Waals surface area contributed by atoms with Crippen molar-refractivity contribution in [3.63, 3.8) is 0 Å². The van der Waals surface area contributed by atoms with E-state index in [-0.39, 0.29) is 24.1 Å². The molecule has 160 valence electrons. The first-order chi connectivity index (χ1) is 14.2. The number of nitrogens with zero attached hydrogens (tertiary/aromatic N) is 2. The van der Waals surface area contributed by atoms with Gasteiger partial charge in [0.2, 0.25) is 6.43 Å². The van der Waals surface area contributed by atoms with Crippen molar-refractivity contribution in [3.05, 3.63) is 59.7 Å². The second kappa shape index (κ2) is 8.60. The minimum Gasteiger partial charge on any atom is -0.493 e. The first-order valence-corrected chi connectivity index (χ1v) is 8.94. The average molecular weight is 425 g/mol. The number of hydrogen-bond acceptors (Lipinski definition) is 5. The van der Waals surface area contributed by atoms with E-state index in [4.69, 9.17) is 10.5 Å². The molecule has 2 aromatic carbocycles. The lowest BCUT2D eigenvalue weighted by Crippen LogP contribution is -2.41. The van der Waals surface area contributed by atoms with E-state index in [1.165, 1.54) is 42.3 Å². The third-order valence-corrected chi connectivity index (χ3v) is 4.59. The Hall–Kier alpha value is -3.30. The van der Waals surface area contributed by atoms with Gasteiger partial charge in [0.25, 0.3) is 5.91 Å². The maximum atomic E-state index is 13.2. The minimum atomic E-state index is -2.99. The van der Waals surface area contributed by atoms with E-state index in [0.717, 1.165) is 0 Å². The monoisotopic (exact) mass is 425 g/mol. The second-order valence-corrected chi connectivity index (χ2v) is 6.50. The van der Waals surface area contributed by atoms with Crippen molar-refractivity contribution in [1.29, 1.82) is 0 Å². The highest BCUT2D eigenvalue weighted by Gasteiger charge is 2.49. The summed E-state index contributed by atoms with van der Waals surface area (Å²) in [4.78, 5) is 18.7. The molecular weight excluding hydrogens is 406 g/mol. The predicted octanol–water partition coefficient (Wildman–Crippen LogP) is 3.35. The summed E-state index contributed by atoms with van der Waals surface area (Å²) < 4.78 is 59.3. The molecule has 0 saturated carbocycles. The number of amides is 1. The molecule has 1 aliphatic rings. The molecule has 0 saturated heterocycles. The van der Waals surface area contributed by atoms with Crippen molar-refractivity contribution < 1.29 is 31.8 Å². The van der Waals surface area contributed by atoms with Gasteiger partial charge in [-0.25, -0.2) is 13.8 Å². The number of likely N-dealkylation sites (N-methyl/N-ethyl adjacent to an activating group) is 1.